The van der Waals surface area contributed by atoms with Crippen LogP contribution in [0.1, 0.15) is 400 Å². The lowest BCUT2D eigenvalue weighted by atomic mass is 9.86. The fourth-order valence-corrected chi connectivity index (χ4v) is 12.4. The van der Waals surface area contributed by atoms with Crippen LogP contribution in [0.4, 0.5) is 0 Å². The van der Waals surface area contributed by atoms with E-state index in [0.29, 0.717) is 16.2 Å². The number of aromatic nitrogens is 8. The molecule has 21 nitrogen and oxygen atoms in total. The molecular formula is C123H199N17O4. The van der Waals surface area contributed by atoms with Gasteiger partial charge in [-0.05, 0) is 135 Å². The number of nitrogens with one attached hydrogen (secondary N) is 1. The number of furan rings is 3. The Bertz CT molecular complexity index is 4470. The number of hydrogen-bond donors (Lipinski definition) is 1. The number of hydrogen-bond acceptors (Lipinski definition) is 18. The number of nitrogens with zero attached hydrogens (tertiary/aromatic N) is 16. The minimum Gasteiger partial charge on any atom is -0.472 e. The van der Waals surface area contributed by atoms with Gasteiger partial charge in [-0.15, -0.1) is 5.10 Å². The number of aliphatic imine (C=N–C) groups is 7. The van der Waals surface area contributed by atoms with Gasteiger partial charge >= 0.3 is 0 Å². The number of aromatic amines is 1. The maximum Gasteiger partial charge on any atom is 0.199 e. The van der Waals surface area contributed by atoms with Crippen molar-refractivity contribution in [3.8, 4) is 0 Å². The van der Waals surface area contributed by atoms with Crippen molar-refractivity contribution in [1.29, 1.82) is 0 Å². The molecule has 144 heavy (non-hydrogen) atoms. The molecule has 0 unspecified atom stereocenters. The first kappa shape index (κ1) is 131. The normalized spacial score (nSPS) is 15.5. The predicted octanol–water partition coefficient (Wildman–Crippen LogP) is 35.4. The fraction of sp³-hybridized carbons (Fsp3) is 0.593. The van der Waals surface area contributed by atoms with Crippen molar-refractivity contribution in [2.75, 3.05) is 19.6 Å². The lowest BCUT2D eigenvalue weighted by Gasteiger charge is -2.19. The molecule has 7 aromatic rings. The second-order valence-corrected chi connectivity index (χ2v) is 52.8. The molecule has 9 aliphatic rings. The summed E-state index contributed by atoms with van der Waals surface area (Å²) in [5.41, 5.74) is 16.4. The molecule has 0 spiro atoms. The molecule has 0 saturated heterocycles. The van der Waals surface area contributed by atoms with E-state index >= 15 is 0 Å². The van der Waals surface area contributed by atoms with Crippen LogP contribution in [-0.2, 0) is 38.2 Å². The highest BCUT2D eigenvalue weighted by Crippen LogP contribution is 2.36. The number of rotatable bonds is 0. The van der Waals surface area contributed by atoms with E-state index in [9.17, 15) is 0 Å². The first-order chi connectivity index (χ1) is 65.7. The SMILES string of the molecule is CC(C)(C)C1=CC=CC1.CC(C)(C)C1=CCC=C1.CC(C)(C)C1=CCC=N1.CC(C)(C)C1=CCC=N1.CC(C)(C)C1=CCN=N1.CC(C)(C)C1=CN=CC1.CC(C)(C)C1=NC=CC1.CC(C)(C)C1=NC=NC1.CC(C)(C)C1=NCC=C1.CC(C)(C)c1ccco1.CC(C)(C)c1ccco1.CC(C)(C)c1ccoc1.CC(C)(C)c1ncc[nH]1.CC(C)(C)c1ncco1.CC(C)(C)n1ccnc1.CC(C)(C)n1ccnn1. The first-order valence-corrected chi connectivity index (χ1v) is 51.5. The van der Waals surface area contributed by atoms with Gasteiger partial charge in [0.15, 0.2) is 5.89 Å². The van der Waals surface area contributed by atoms with E-state index in [1.165, 1.54) is 45.2 Å². The molecule has 0 fully saturated rings. The Kier molecular flexibility index (Phi) is 53.4. The van der Waals surface area contributed by atoms with Crippen LogP contribution in [0.25, 0.3) is 0 Å². The van der Waals surface area contributed by atoms with Gasteiger partial charge < -0.3 is 27.2 Å². The van der Waals surface area contributed by atoms with Crippen molar-refractivity contribution < 1.29 is 17.7 Å². The van der Waals surface area contributed by atoms with E-state index in [1.54, 1.807) is 68.0 Å². The summed E-state index contributed by atoms with van der Waals surface area (Å²) in [7, 11) is 0. The zero-order chi connectivity index (χ0) is 110. The highest BCUT2D eigenvalue weighted by Gasteiger charge is 2.27. The van der Waals surface area contributed by atoms with Crippen LogP contribution in [0.15, 0.2) is 293 Å². The molecule has 14 heterocycles. The quantitative estimate of drug-likeness (QED) is 0.151. The zero-order valence-corrected chi connectivity index (χ0v) is 99.4. The van der Waals surface area contributed by atoms with Crippen LogP contribution in [0, 0.1) is 48.7 Å². The molecular weight excluding hydrogens is 1780 g/mol. The topological polar surface area (TPSA) is 254 Å². The lowest BCUT2D eigenvalue weighted by Crippen LogP contribution is -2.22. The summed E-state index contributed by atoms with van der Waals surface area (Å²) in [6.07, 6.45) is 66.8. The highest BCUT2D eigenvalue weighted by atomic mass is 16.3. The Morgan fingerprint density at radius 2 is 0.965 bits per heavy atom. The highest BCUT2D eigenvalue weighted by molar-refractivity contribution is 6.00. The summed E-state index contributed by atoms with van der Waals surface area (Å²) in [4.78, 5) is 44.4. The standard InChI is InChI=1S/2C9H14.5C8H13N.3C8H12O.4C7H12N2.C7H11NO.C6H11N3/c2*1-9(2,3)8-6-4-5-7-8;1-8(2,3)7-4-5-9-6-7;4*1-8(2,3)7-5-4-6-9-7;1-8(2,3)7-4-5-9-6-7;2*1-8(2,3)7-5-4-6-9-7;1-7(2,3)6-4-8-5-9-6;1-7(2,3)9-5-4-8-6-9;1-7(2,3)6-8-4-5-9-6;1-7(2,3)6-4-5-8-9-6;1-7(2,3)6-8-4-5-9-6;1-6(2,3)9-5-4-7-8-9/h4,6-7H,5H2,1-3H3;4-6H,7H2,1-3H3;3*5-6H,4H2,1-3H3;4,6H,5H2,1-3H3;4-5H,6H2,1-3H3;3*4-6H,1-3H3;5H,4H2,1-3H3;4-6H,1-3H3;4-5H,1-3H3,(H,8,9);4H,5H2,1-3H3;2*4-5H,1-3H3. The van der Waals surface area contributed by atoms with Gasteiger partial charge in [-0.3, -0.25) is 30.0 Å². The summed E-state index contributed by atoms with van der Waals surface area (Å²) in [5.74, 6) is 3.93. The maximum absolute atomic E-state index is 5.20. The number of azo groups is 1. The van der Waals surface area contributed by atoms with Gasteiger partial charge in [-0.25, -0.2) is 24.6 Å². The van der Waals surface area contributed by atoms with Gasteiger partial charge in [-0.2, -0.15) is 10.2 Å². The number of allylic oxidation sites excluding steroid dienone is 16. The molecule has 0 atom stereocenters. The van der Waals surface area contributed by atoms with Gasteiger partial charge in [0.25, 0.3) is 0 Å². The Morgan fingerprint density at radius 3 is 1.16 bits per heavy atom. The van der Waals surface area contributed by atoms with Gasteiger partial charge in [0.1, 0.15) is 29.9 Å². The Balaban J connectivity index is 0.000000768. The minimum atomic E-state index is 0.0451. The zero-order valence-electron chi connectivity index (χ0n) is 99.4. The monoisotopic (exact) mass is 1980 g/mol. The Morgan fingerprint density at radius 1 is 0.403 bits per heavy atom. The largest absolute Gasteiger partial charge is 0.472 e. The van der Waals surface area contributed by atoms with E-state index in [2.05, 4.69) is 485 Å². The summed E-state index contributed by atoms with van der Waals surface area (Å²) in [6, 6.07) is 9.83. The molecule has 16 rings (SSSR count). The molecule has 800 valence electrons. The van der Waals surface area contributed by atoms with E-state index < -0.39 is 0 Å². The van der Waals surface area contributed by atoms with Gasteiger partial charge in [0.2, 0.25) is 0 Å². The van der Waals surface area contributed by atoms with Crippen LogP contribution in [0.3, 0.4) is 0 Å². The van der Waals surface area contributed by atoms with Gasteiger partial charge in [-0.1, -0.05) is 362 Å². The number of H-pyrrole nitrogens is 1. The summed E-state index contributed by atoms with van der Waals surface area (Å²) < 4.78 is 24.3. The maximum atomic E-state index is 5.20. The van der Waals surface area contributed by atoms with Crippen molar-refractivity contribution in [1.82, 2.24) is 39.5 Å². The molecule has 0 radical (unpaired) electrons. The molecule has 1 N–H and O–H groups in total. The molecule has 7 aliphatic heterocycles. The summed E-state index contributed by atoms with van der Waals surface area (Å²) >= 11 is 0. The average molecular weight is 1980 g/mol. The molecule has 0 saturated carbocycles. The average Bonchev–Trinajstić information content (AvgIpc) is 1.86. The van der Waals surface area contributed by atoms with Gasteiger partial charge in [0.05, 0.1) is 74.6 Å². The second kappa shape index (κ2) is 58.6. The minimum absolute atomic E-state index is 0.0451. The van der Waals surface area contributed by atoms with E-state index in [4.69, 9.17) is 17.7 Å². The molecule has 7 aromatic heterocycles. The lowest BCUT2D eigenvalue weighted by molar-refractivity contribution is 0.347. The van der Waals surface area contributed by atoms with Crippen LogP contribution in [0.2, 0.25) is 0 Å². The third-order valence-corrected chi connectivity index (χ3v) is 22.0. The van der Waals surface area contributed by atoms with Gasteiger partial charge in [0, 0.05) is 176 Å². The fourth-order valence-electron chi connectivity index (χ4n) is 12.4. The van der Waals surface area contributed by atoms with Crippen molar-refractivity contribution in [2.45, 2.75) is 409 Å². The van der Waals surface area contributed by atoms with Crippen molar-refractivity contribution >= 4 is 42.1 Å². The summed E-state index contributed by atoms with van der Waals surface area (Å²) in [6.45, 7) is 106. The third kappa shape index (κ3) is 57.3. The smallest absolute Gasteiger partial charge is 0.199 e. The molecule has 21 heteroatoms. The van der Waals surface area contributed by atoms with Crippen molar-refractivity contribution in [3.63, 3.8) is 0 Å². The third-order valence-electron chi connectivity index (χ3n) is 22.0. The summed E-state index contributed by atoms with van der Waals surface area (Å²) in [5, 5.41) is 15.4. The molecule has 2 aliphatic carbocycles. The number of oxazole rings is 1. The molecule has 0 aromatic carbocycles. The first-order valence-electron chi connectivity index (χ1n) is 51.5. The van der Waals surface area contributed by atoms with Crippen LogP contribution >= 0.6 is 0 Å². The Labute approximate surface area is 875 Å². The predicted molar refractivity (Wildman–Crippen MR) is 621 cm³/mol. The van der Waals surface area contributed by atoms with Crippen molar-refractivity contribution in [3.05, 3.63) is 259 Å². The number of imidazole rings is 2. The second-order valence-electron chi connectivity index (χ2n) is 52.8. The van der Waals surface area contributed by atoms with E-state index in [1.807, 2.05) is 91.0 Å². The van der Waals surface area contributed by atoms with E-state index in [-0.39, 0.29) is 70.6 Å². The van der Waals surface area contributed by atoms with Crippen LogP contribution in [-0.4, -0.2) is 101 Å². The van der Waals surface area contributed by atoms with Crippen LogP contribution in [0.5, 0.6) is 0 Å². The Hall–Kier alpha value is -10.7. The molecule has 0 amide bonds. The molecule has 0 bridgehead atoms. The van der Waals surface area contributed by atoms with Crippen molar-refractivity contribution in [2.24, 2.45) is 93.9 Å². The van der Waals surface area contributed by atoms with E-state index in [0.717, 1.165) is 87.1 Å². The van der Waals surface area contributed by atoms with Crippen LogP contribution < -0.4 is 0 Å².